The van der Waals surface area contributed by atoms with Crippen molar-refractivity contribution < 1.29 is 4.79 Å². The number of piperazine rings is 1. The number of amides is 1. The van der Waals surface area contributed by atoms with Crippen LogP contribution in [0.2, 0.25) is 0 Å². The molecule has 0 bridgehead atoms. The Morgan fingerprint density at radius 3 is 2.35 bits per heavy atom. The monoisotopic (exact) mass is 242 g/mol. The van der Waals surface area contributed by atoms with Gasteiger partial charge in [-0.3, -0.25) is 9.69 Å². The van der Waals surface area contributed by atoms with Crippen molar-refractivity contribution in [3.05, 3.63) is 0 Å². The molecule has 1 N–H and O–H groups in total. The number of carbonyl (C=O) groups is 1. The summed E-state index contributed by atoms with van der Waals surface area (Å²) in [7, 11) is 5.95. The van der Waals surface area contributed by atoms with Gasteiger partial charge in [0.2, 0.25) is 5.91 Å². The molecule has 1 saturated heterocycles. The lowest BCUT2D eigenvalue weighted by Gasteiger charge is -2.34. The van der Waals surface area contributed by atoms with Crippen molar-refractivity contribution in [2.75, 3.05) is 60.4 Å². The second-order valence-corrected chi connectivity index (χ2v) is 5.03. The number of hydrogen-bond acceptors (Lipinski definition) is 4. The van der Waals surface area contributed by atoms with Gasteiger partial charge >= 0.3 is 0 Å². The number of nitrogens with one attached hydrogen (secondary N) is 1. The fraction of sp³-hybridized carbons (Fsp3) is 0.917. The molecule has 1 rings (SSSR count). The van der Waals surface area contributed by atoms with Gasteiger partial charge < -0.3 is 15.1 Å². The van der Waals surface area contributed by atoms with E-state index < -0.39 is 0 Å². The highest BCUT2D eigenvalue weighted by Gasteiger charge is 2.24. The third-order valence-electron chi connectivity index (χ3n) is 3.32. The fourth-order valence-electron chi connectivity index (χ4n) is 2.00. The van der Waals surface area contributed by atoms with Crippen LogP contribution < -0.4 is 5.32 Å². The Hall–Kier alpha value is -0.650. The molecule has 1 atom stereocenters. The summed E-state index contributed by atoms with van der Waals surface area (Å²) < 4.78 is 0. The highest BCUT2D eigenvalue weighted by atomic mass is 16.2. The molecule has 1 amide bonds. The molecule has 5 heteroatoms. The lowest BCUT2D eigenvalue weighted by molar-refractivity contribution is -0.135. The summed E-state index contributed by atoms with van der Waals surface area (Å²) >= 11 is 0. The number of rotatable bonds is 5. The lowest BCUT2D eigenvalue weighted by Crippen LogP contribution is -2.53. The third kappa shape index (κ3) is 4.61. The Balaban J connectivity index is 2.38. The van der Waals surface area contributed by atoms with Crippen molar-refractivity contribution in [1.29, 1.82) is 0 Å². The molecule has 0 aromatic heterocycles. The van der Waals surface area contributed by atoms with Gasteiger partial charge in [0.1, 0.15) is 0 Å². The second-order valence-electron chi connectivity index (χ2n) is 5.03. The van der Waals surface area contributed by atoms with Crippen LogP contribution in [0.3, 0.4) is 0 Å². The SMILES string of the molecule is CC(C(=O)N(C)CCN(C)C)N1CCNCC1. The van der Waals surface area contributed by atoms with Gasteiger partial charge in [0.05, 0.1) is 6.04 Å². The molecule has 1 heterocycles. The van der Waals surface area contributed by atoms with Crippen LogP contribution in [0.5, 0.6) is 0 Å². The smallest absolute Gasteiger partial charge is 0.239 e. The van der Waals surface area contributed by atoms with E-state index in [9.17, 15) is 4.79 Å². The van der Waals surface area contributed by atoms with E-state index in [0.717, 1.165) is 39.3 Å². The van der Waals surface area contributed by atoms with Crippen LogP contribution in [0, 0.1) is 0 Å². The summed E-state index contributed by atoms with van der Waals surface area (Å²) in [4.78, 5) is 18.4. The molecule has 0 radical (unpaired) electrons. The van der Waals surface area contributed by atoms with Crippen molar-refractivity contribution >= 4 is 5.91 Å². The maximum absolute atomic E-state index is 12.2. The van der Waals surface area contributed by atoms with Gasteiger partial charge in [-0.2, -0.15) is 0 Å². The van der Waals surface area contributed by atoms with E-state index in [-0.39, 0.29) is 11.9 Å². The molecule has 0 spiro atoms. The standard InChI is InChI=1S/C12H26N4O/c1-11(16-7-5-13-6-8-16)12(17)15(4)10-9-14(2)3/h11,13H,5-10H2,1-4H3. The number of nitrogens with zero attached hydrogens (tertiary/aromatic N) is 3. The fourth-order valence-corrected chi connectivity index (χ4v) is 2.00. The molecule has 0 saturated carbocycles. The predicted molar refractivity (Wildman–Crippen MR) is 70.1 cm³/mol. The molecule has 1 unspecified atom stereocenters. The van der Waals surface area contributed by atoms with Crippen molar-refractivity contribution in [2.24, 2.45) is 0 Å². The largest absolute Gasteiger partial charge is 0.343 e. The van der Waals surface area contributed by atoms with Gasteiger partial charge in [-0.25, -0.2) is 0 Å². The average molecular weight is 242 g/mol. The van der Waals surface area contributed by atoms with E-state index in [2.05, 4.69) is 15.1 Å². The average Bonchev–Trinajstić information content (AvgIpc) is 2.35. The van der Waals surface area contributed by atoms with Gasteiger partial charge in [-0.15, -0.1) is 0 Å². The van der Waals surface area contributed by atoms with Crippen LogP contribution >= 0.6 is 0 Å². The van der Waals surface area contributed by atoms with Crippen LogP contribution in [0.1, 0.15) is 6.92 Å². The summed E-state index contributed by atoms with van der Waals surface area (Å²) in [5.74, 6) is 0.230. The van der Waals surface area contributed by atoms with Crippen molar-refractivity contribution in [1.82, 2.24) is 20.0 Å². The molecule has 1 fully saturated rings. The summed E-state index contributed by atoms with van der Waals surface area (Å²) in [6, 6.07) is 0.00395. The normalized spacial score (nSPS) is 19.4. The van der Waals surface area contributed by atoms with Gasteiger partial charge in [0.25, 0.3) is 0 Å². The molecular formula is C12H26N4O. The summed E-state index contributed by atoms with van der Waals surface area (Å²) in [5.41, 5.74) is 0. The number of hydrogen-bond donors (Lipinski definition) is 1. The Morgan fingerprint density at radius 2 is 1.82 bits per heavy atom. The first kappa shape index (κ1) is 14.4. The molecular weight excluding hydrogens is 216 g/mol. The van der Waals surface area contributed by atoms with Crippen LogP contribution in [-0.2, 0) is 4.79 Å². The van der Waals surface area contributed by atoms with Crippen molar-refractivity contribution in [3.63, 3.8) is 0 Å². The highest BCUT2D eigenvalue weighted by Crippen LogP contribution is 2.04. The highest BCUT2D eigenvalue weighted by molar-refractivity contribution is 5.81. The minimum absolute atomic E-state index is 0.00395. The zero-order valence-corrected chi connectivity index (χ0v) is 11.6. The summed E-state index contributed by atoms with van der Waals surface area (Å²) in [5, 5.41) is 3.30. The molecule has 0 aromatic rings. The molecule has 1 aliphatic heterocycles. The second kappa shape index (κ2) is 6.93. The molecule has 5 nitrogen and oxygen atoms in total. The van der Waals surface area contributed by atoms with Crippen molar-refractivity contribution in [3.8, 4) is 0 Å². The first-order chi connectivity index (χ1) is 8.02. The van der Waals surface area contributed by atoms with E-state index in [4.69, 9.17) is 0 Å². The Kier molecular flexibility index (Phi) is 5.88. The minimum Gasteiger partial charge on any atom is -0.343 e. The van der Waals surface area contributed by atoms with E-state index >= 15 is 0 Å². The maximum Gasteiger partial charge on any atom is 0.239 e. The Bertz CT molecular complexity index is 239. The maximum atomic E-state index is 12.2. The molecule has 0 aliphatic carbocycles. The van der Waals surface area contributed by atoms with Crippen LogP contribution in [0.15, 0.2) is 0 Å². The first-order valence-electron chi connectivity index (χ1n) is 6.37. The van der Waals surface area contributed by atoms with Gasteiger partial charge in [-0.05, 0) is 21.0 Å². The number of carbonyl (C=O) groups excluding carboxylic acids is 1. The molecule has 17 heavy (non-hydrogen) atoms. The minimum atomic E-state index is 0.00395. The lowest BCUT2D eigenvalue weighted by atomic mass is 10.2. The quantitative estimate of drug-likeness (QED) is 0.692. The summed E-state index contributed by atoms with van der Waals surface area (Å²) in [6.07, 6.45) is 0. The zero-order chi connectivity index (χ0) is 12.8. The van der Waals surface area contributed by atoms with E-state index in [1.165, 1.54) is 0 Å². The predicted octanol–water partition coefficient (Wildman–Crippen LogP) is -0.700. The van der Waals surface area contributed by atoms with Crippen LogP contribution in [-0.4, -0.2) is 87.1 Å². The van der Waals surface area contributed by atoms with Crippen LogP contribution in [0.4, 0.5) is 0 Å². The zero-order valence-electron chi connectivity index (χ0n) is 11.6. The van der Waals surface area contributed by atoms with Gasteiger partial charge in [0.15, 0.2) is 0 Å². The molecule has 0 aromatic carbocycles. The third-order valence-corrected chi connectivity index (χ3v) is 3.32. The van der Waals surface area contributed by atoms with Gasteiger partial charge in [0, 0.05) is 46.3 Å². The van der Waals surface area contributed by atoms with E-state index in [0.29, 0.717) is 0 Å². The van der Waals surface area contributed by atoms with Gasteiger partial charge in [-0.1, -0.05) is 0 Å². The van der Waals surface area contributed by atoms with Crippen molar-refractivity contribution in [2.45, 2.75) is 13.0 Å². The van der Waals surface area contributed by atoms with Crippen LogP contribution in [0.25, 0.3) is 0 Å². The van der Waals surface area contributed by atoms with E-state index in [1.54, 1.807) is 0 Å². The number of likely N-dealkylation sites (N-methyl/N-ethyl adjacent to an activating group) is 2. The Morgan fingerprint density at radius 1 is 1.24 bits per heavy atom. The molecule has 1 aliphatic rings. The Labute approximate surface area is 105 Å². The topological polar surface area (TPSA) is 38.8 Å². The van der Waals surface area contributed by atoms with E-state index in [1.807, 2.05) is 33.0 Å². The first-order valence-corrected chi connectivity index (χ1v) is 6.37. The molecule has 100 valence electrons. The summed E-state index contributed by atoms with van der Waals surface area (Å²) in [6.45, 7) is 7.62.